The summed E-state index contributed by atoms with van der Waals surface area (Å²) in [7, 11) is 0. The maximum absolute atomic E-state index is 6.09. The van der Waals surface area contributed by atoms with Crippen LogP contribution in [0.3, 0.4) is 0 Å². The molecule has 0 aliphatic rings. The Morgan fingerprint density at radius 2 is 2.15 bits per heavy atom. The zero-order valence-corrected chi connectivity index (χ0v) is 15.0. The molecule has 0 saturated carbocycles. The Bertz CT molecular complexity index is 1250. The summed E-state index contributed by atoms with van der Waals surface area (Å²) < 4.78 is 3.51. The van der Waals surface area contributed by atoms with Crippen LogP contribution < -0.4 is 5.32 Å². The normalized spacial score (nSPS) is 11.5. The van der Waals surface area contributed by atoms with Crippen molar-refractivity contribution in [1.82, 2.24) is 34.3 Å². The second-order valence-electron chi connectivity index (χ2n) is 5.63. The summed E-state index contributed by atoms with van der Waals surface area (Å²) in [5, 5.41) is 15.4. The average Bonchev–Trinajstić information content (AvgIpc) is 3.31. The van der Waals surface area contributed by atoms with Gasteiger partial charge < -0.3 is 5.32 Å². The highest BCUT2D eigenvalue weighted by atomic mass is 35.5. The summed E-state index contributed by atoms with van der Waals surface area (Å²) in [6.07, 6.45) is 3.19. The zero-order valence-electron chi connectivity index (χ0n) is 13.5. The number of rotatable bonds is 3. The SMILES string of the molecule is Cc1csc2nc(Nc3ncnc4c3cnn4-c3cccc(Cl)c3)nn12. The summed E-state index contributed by atoms with van der Waals surface area (Å²) in [4.78, 5) is 14.0. The van der Waals surface area contributed by atoms with Gasteiger partial charge in [-0.25, -0.2) is 19.2 Å². The van der Waals surface area contributed by atoms with Gasteiger partial charge in [-0.2, -0.15) is 10.1 Å². The van der Waals surface area contributed by atoms with Crippen LogP contribution in [0.4, 0.5) is 11.8 Å². The second kappa shape index (κ2) is 5.75. The lowest BCUT2D eigenvalue weighted by atomic mass is 10.3. The van der Waals surface area contributed by atoms with Crippen LogP contribution in [-0.2, 0) is 0 Å². The van der Waals surface area contributed by atoms with Gasteiger partial charge in [-0.15, -0.1) is 16.4 Å². The van der Waals surface area contributed by atoms with Gasteiger partial charge in [0.2, 0.25) is 10.9 Å². The van der Waals surface area contributed by atoms with Crippen LogP contribution in [-0.4, -0.2) is 34.3 Å². The first-order chi connectivity index (χ1) is 12.7. The van der Waals surface area contributed by atoms with Gasteiger partial charge in [-0.3, -0.25) is 0 Å². The quantitative estimate of drug-likeness (QED) is 0.513. The first-order valence-corrected chi connectivity index (χ1v) is 8.97. The predicted molar refractivity (Wildman–Crippen MR) is 101 cm³/mol. The van der Waals surface area contributed by atoms with Gasteiger partial charge in [0.15, 0.2) is 5.65 Å². The molecule has 0 aliphatic carbocycles. The van der Waals surface area contributed by atoms with E-state index >= 15 is 0 Å². The molecule has 128 valence electrons. The number of nitrogens with zero attached hydrogens (tertiary/aromatic N) is 7. The van der Waals surface area contributed by atoms with Gasteiger partial charge in [-0.05, 0) is 25.1 Å². The Balaban J connectivity index is 1.58. The minimum absolute atomic E-state index is 0.482. The molecule has 1 aromatic carbocycles. The standard InChI is InChI=1S/C16H11ClN8S/c1-9-7-26-16-22-15(23-24(9)16)21-13-12-6-20-25(14(12)19-8-18-13)11-4-2-3-10(17)5-11/h2-8H,1H3,(H,18,19,21,23). The van der Waals surface area contributed by atoms with Crippen LogP contribution >= 0.6 is 22.9 Å². The van der Waals surface area contributed by atoms with Crippen molar-refractivity contribution in [3.05, 3.63) is 52.9 Å². The molecule has 0 radical (unpaired) electrons. The van der Waals surface area contributed by atoms with Crippen molar-refractivity contribution in [1.29, 1.82) is 0 Å². The van der Waals surface area contributed by atoms with E-state index in [9.17, 15) is 0 Å². The van der Waals surface area contributed by atoms with Crippen molar-refractivity contribution < 1.29 is 0 Å². The van der Waals surface area contributed by atoms with E-state index in [4.69, 9.17) is 11.6 Å². The molecule has 10 heteroatoms. The lowest BCUT2D eigenvalue weighted by Crippen LogP contribution is -2.00. The monoisotopic (exact) mass is 382 g/mol. The van der Waals surface area contributed by atoms with E-state index < -0.39 is 0 Å². The Morgan fingerprint density at radius 1 is 1.23 bits per heavy atom. The molecular formula is C16H11ClN8S. The smallest absolute Gasteiger partial charge is 0.249 e. The number of benzene rings is 1. The largest absolute Gasteiger partial charge is 0.307 e. The number of anilines is 2. The molecule has 5 rings (SSSR count). The first-order valence-electron chi connectivity index (χ1n) is 7.71. The fourth-order valence-corrected chi connectivity index (χ4v) is 3.68. The van der Waals surface area contributed by atoms with Crippen molar-refractivity contribution in [2.75, 3.05) is 5.32 Å². The molecule has 8 nitrogen and oxygen atoms in total. The van der Waals surface area contributed by atoms with Crippen LogP contribution in [0.1, 0.15) is 5.69 Å². The molecule has 0 saturated heterocycles. The zero-order chi connectivity index (χ0) is 17.7. The number of halogens is 1. The topological polar surface area (TPSA) is 85.8 Å². The van der Waals surface area contributed by atoms with E-state index in [2.05, 4.69) is 30.5 Å². The molecule has 0 bridgehead atoms. The third kappa shape index (κ3) is 2.40. The number of hydrogen-bond donors (Lipinski definition) is 1. The Hall–Kier alpha value is -3.04. The summed E-state index contributed by atoms with van der Waals surface area (Å²) in [6, 6.07) is 7.44. The number of nitrogens with one attached hydrogen (secondary N) is 1. The lowest BCUT2D eigenvalue weighted by Gasteiger charge is -2.04. The van der Waals surface area contributed by atoms with Crippen molar-refractivity contribution in [2.24, 2.45) is 0 Å². The maximum Gasteiger partial charge on any atom is 0.249 e. The fraction of sp³-hybridized carbons (Fsp3) is 0.0625. The van der Waals surface area contributed by atoms with E-state index in [-0.39, 0.29) is 0 Å². The van der Waals surface area contributed by atoms with Crippen molar-refractivity contribution in [3.63, 3.8) is 0 Å². The van der Waals surface area contributed by atoms with Crippen LogP contribution in [0.25, 0.3) is 21.7 Å². The fourth-order valence-electron chi connectivity index (χ4n) is 2.69. The molecule has 1 N–H and O–H groups in total. The highest BCUT2D eigenvalue weighted by Gasteiger charge is 2.14. The molecule has 4 aromatic heterocycles. The minimum atomic E-state index is 0.482. The van der Waals surface area contributed by atoms with Crippen LogP contribution in [0.2, 0.25) is 5.02 Å². The third-order valence-corrected chi connectivity index (χ3v) is 5.06. The second-order valence-corrected chi connectivity index (χ2v) is 6.90. The van der Waals surface area contributed by atoms with Crippen LogP contribution in [0.5, 0.6) is 0 Å². The summed E-state index contributed by atoms with van der Waals surface area (Å²) >= 11 is 7.63. The molecule has 0 atom stereocenters. The number of thiazole rings is 1. The molecule has 4 heterocycles. The molecule has 0 spiro atoms. The van der Waals surface area contributed by atoms with Gasteiger partial charge in [-0.1, -0.05) is 17.7 Å². The van der Waals surface area contributed by atoms with E-state index in [1.807, 2.05) is 36.6 Å². The van der Waals surface area contributed by atoms with Gasteiger partial charge in [0.25, 0.3) is 0 Å². The summed E-state index contributed by atoms with van der Waals surface area (Å²) in [5.74, 6) is 1.08. The van der Waals surface area contributed by atoms with E-state index in [0.29, 0.717) is 22.4 Å². The van der Waals surface area contributed by atoms with Crippen molar-refractivity contribution in [2.45, 2.75) is 6.92 Å². The molecule has 26 heavy (non-hydrogen) atoms. The molecular weight excluding hydrogens is 372 g/mol. The van der Waals surface area contributed by atoms with Gasteiger partial charge in [0.1, 0.15) is 12.1 Å². The summed E-state index contributed by atoms with van der Waals surface area (Å²) in [5.41, 5.74) is 2.53. The summed E-state index contributed by atoms with van der Waals surface area (Å²) in [6.45, 7) is 1.99. The van der Waals surface area contributed by atoms with E-state index in [0.717, 1.165) is 21.7 Å². The van der Waals surface area contributed by atoms with Crippen LogP contribution in [0.15, 0.2) is 42.2 Å². The van der Waals surface area contributed by atoms with Crippen molar-refractivity contribution in [3.8, 4) is 5.69 Å². The molecule has 5 aromatic rings. The Labute approximate surface area is 156 Å². The highest BCUT2D eigenvalue weighted by molar-refractivity contribution is 7.15. The average molecular weight is 383 g/mol. The van der Waals surface area contributed by atoms with Crippen molar-refractivity contribution >= 4 is 50.7 Å². The van der Waals surface area contributed by atoms with Gasteiger partial charge in [0, 0.05) is 10.4 Å². The molecule has 0 fully saturated rings. The maximum atomic E-state index is 6.09. The highest BCUT2D eigenvalue weighted by Crippen LogP contribution is 2.25. The third-order valence-electron chi connectivity index (χ3n) is 3.90. The van der Waals surface area contributed by atoms with E-state index in [1.54, 1.807) is 15.4 Å². The lowest BCUT2D eigenvalue weighted by molar-refractivity contribution is 0.895. The van der Waals surface area contributed by atoms with E-state index in [1.165, 1.54) is 17.7 Å². The van der Waals surface area contributed by atoms with Gasteiger partial charge >= 0.3 is 0 Å². The van der Waals surface area contributed by atoms with Gasteiger partial charge in [0.05, 0.1) is 23.0 Å². The minimum Gasteiger partial charge on any atom is -0.307 e. The number of aromatic nitrogens is 7. The first kappa shape index (κ1) is 15.2. The number of aryl methyl sites for hydroxylation is 1. The molecule has 0 aliphatic heterocycles. The Morgan fingerprint density at radius 3 is 3.00 bits per heavy atom. The number of hydrogen-bond acceptors (Lipinski definition) is 7. The molecule has 0 unspecified atom stereocenters. The Kier molecular flexibility index (Phi) is 3.37. The molecule has 0 amide bonds. The van der Waals surface area contributed by atoms with Crippen LogP contribution in [0, 0.1) is 6.92 Å². The number of fused-ring (bicyclic) bond motifs is 2. The predicted octanol–water partition coefficient (Wildman–Crippen LogP) is 3.63.